The molecule has 166 valence electrons. The van der Waals surface area contributed by atoms with Crippen LogP contribution in [0.2, 0.25) is 0 Å². The van der Waals surface area contributed by atoms with Crippen molar-refractivity contribution in [3.63, 3.8) is 0 Å². The number of hydrogen-bond acceptors (Lipinski definition) is 6. The largest absolute Gasteiger partial charge is 0.322 e. The van der Waals surface area contributed by atoms with Crippen molar-refractivity contribution in [2.45, 2.75) is 26.8 Å². The second-order valence-electron chi connectivity index (χ2n) is 7.38. The SMILES string of the molecule is CCCS(=O)(=O)Nc1ccc(NC(=O)c2cc(C)nc3c2cnn3Cc2cccs2)cc1. The first kappa shape index (κ1) is 22.0. The zero-order valence-electron chi connectivity index (χ0n) is 17.7. The number of carbonyl (C=O) groups is 1. The second kappa shape index (κ2) is 9.09. The molecular weight excluding hydrogens is 446 g/mol. The number of fused-ring (bicyclic) bond motifs is 1. The first-order valence-corrected chi connectivity index (χ1v) is 12.7. The van der Waals surface area contributed by atoms with E-state index in [1.165, 1.54) is 0 Å². The van der Waals surface area contributed by atoms with E-state index in [9.17, 15) is 13.2 Å². The van der Waals surface area contributed by atoms with Crippen molar-refractivity contribution >= 4 is 49.7 Å². The third-order valence-electron chi connectivity index (χ3n) is 4.76. The predicted molar refractivity (Wildman–Crippen MR) is 128 cm³/mol. The maximum Gasteiger partial charge on any atom is 0.256 e. The van der Waals surface area contributed by atoms with E-state index in [0.29, 0.717) is 40.9 Å². The lowest BCUT2D eigenvalue weighted by atomic mass is 10.1. The summed E-state index contributed by atoms with van der Waals surface area (Å²) in [6.07, 6.45) is 2.20. The summed E-state index contributed by atoms with van der Waals surface area (Å²) < 4.78 is 28.1. The second-order valence-corrected chi connectivity index (χ2v) is 10.3. The number of thiophene rings is 1. The van der Waals surface area contributed by atoms with Gasteiger partial charge in [-0.2, -0.15) is 5.10 Å². The van der Waals surface area contributed by atoms with Crippen molar-refractivity contribution in [3.05, 3.63) is 70.2 Å². The highest BCUT2D eigenvalue weighted by atomic mass is 32.2. The minimum Gasteiger partial charge on any atom is -0.322 e. The number of nitrogens with zero attached hydrogens (tertiary/aromatic N) is 3. The summed E-state index contributed by atoms with van der Waals surface area (Å²) in [7, 11) is -3.36. The molecular formula is C22H23N5O3S2. The molecule has 0 aliphatic heterocycles. The van der Waals surface area contributed by atoms with Crippen LogP contribution in [0.15, 0.2) is 54.0 Å². The summed E-state index contributed by atoms with van der Waals surface area (Å²) in [4.78, 5) is 18.8. The average Bonchev–Trinajstić information content (AvgIpc) is 3.39. The smallest absolute Gasteiger partial charge is 0.256 e. The van der Waals surface area contributed by atoms with E-state index in [1.807, 2.05) is 31.4 Å². The molecule has 1 aromatic carbocycles. The van der Waals surface area contributed by atoms with Gasteiger partial charge in [-0.1, -0.05) is 13.0 Å². The van der Waals surface area contributed by atoms with Crippen LogP contribution in [0, 0.1) is 6.92 Å². The molecule has 1 amide bonds. The van der Waals surface area contributed by atoms with E-state index in [0.717, 1.165) is 10.6 Å². The van der Waals surface area contributed by atoms with Crippen LogP contribution in [-0.2, 0) is 16.6 Å². The standard InChI is InChI=1S/C22H23N5O3S2/c1-3-11-32(29,30)26-17-8-6-16(7-9-17)25-22(28)19-12-15(2)24-21-20(19)13-23-27(21)14-18-5-4-10-31-18/h4-10,12-13,26H,3,11,14H2,1-2H3,(H,25,28). The Balaban J connectivity index is 1.54. The molecule has 4 aromatic rings. The number of amides is 1. The van der Waals surface area contributed by atoms with Crippen molar-refractivity contribution in [3.8, 4) is 0 Å². The number of rotatable bonds is 8. The van der Waals surface area contributed by atoms with Gasteiger partial charge >= 0.3 is 0 Å². The normalized spacial score (nSPS) is 11.6. The fourth-order valence-electron chi connectivity index (χ4n) is 3.35. The highest BCUT2D eigenvalue weighted by Gasteiger charge is 2.17. The molecule has 0 aliphatic rings. The van der Waals surface area contributed by atoms with Crippen LogP contribution in [0.25, 0.3) is 11.0 Å². The number of pyridine rings is 1. The summed E-state index contributed by atoms with van der Waals surface area (Å²) in [6, 6.07) is 12.3. The van der Waals surface area contributed by atoms with Gasteiger partial charge in [0.05, 0.1) is 29.4 Å². The monoisotopic (exact) mass is 469 g/mol. The Kier molecular flexibility index (Phi) is 6.24. The number of nitrogens with one attached hydrogen (secondary N) is 2. The van der Waals surface area contributed by atoms with Gasteiger partial charge in [0.15, 0.2) is 5.65 Å². The van der Waals surface area contributed by atoms with Crippen LogP contribution in [0.3, 0.4) is 0 Å². The first-order chi connectivity index (χ1) is 15.3. The molecule has 0 bridgehead atoms. The van der Waals surface area contributed by atoms with E-state index in [-0.39, 0.29) is 11.7 Å². The molecule has 0 saturated heterocycles. The molecule has 0 fully saturated rings. The number of sulfonamides is 1. The predicted octanol–water partition coefficient (Wildman–Crippen LogP) is 4.25. The Hall–Kier alpha value is -3.24. The molecule has 0 radical (unpaired) electrons. The Bertz CT molecular complexity index is 1340. The summed E-state index contributed by atoms with van der Waals surface area (Å²) in [6.45, 7) is 4.24. The number of anilines is 2. The maximum absolute atomic E-state index is 13.0. The molecule has 4 rings (SSSR count). The minimum atomic E-state index is -3.36. The lowest BCUT2D eigenvalue weighted by molar-refractivity contribution is 0.102. The van der Waals surface area contributed by atoms with Gasteiger partial charge in [-0.15, -0.1) is 11.3 Å². The topological polar surface area (TPSA) is 106 Å². The molecule has 0 unspecified atom stereocenters. The molecule has 0 aliphatic carbocycles. The number of hydrogen-bond donors (Lipinski definition) is 2. The van der Waals surface area contributed by atoms with Crippen LogP contribution in [0.5, 0.6) is 0 Å². The Morgan fingerprint density at radius 1 is 1.16 bits per heavy atom. The van der Waals surface area contributed by atoms with Gasteiger partial charge in [-0.05, 0) is 55.1 Å². The Morgan fingerprint density at radius 2 is 1.91 bits per heavy atom. The highest BCUT2D eigenvalue weighted by molar-refractivity contribution is 7.92. The molecule has 0 atom stereocenters. The lowest BCUT2D eigenvalue weighted by Gasteiger charge is -2.10. The molecule has 10 heteroatoms. The zero-order valence-corrected chi connectivity index (χ0v) is 19.3. The van der Waals surface area contributed by atoms with Crippen LogP contribution < -0.4 is 10.0 Å². The third kappa shape index (κ3) is 4.97. The lowest BCUT2D eigenvalue weighted by Crippen LogP contribution is -2.16. The number of aryl methyl sites for hydroxylation is 1. The maximum atomic E-state index is 13.0. The van der Waals surface area contributed by atoms with Crippen LogP contribution in [-0.4, -0.2) is 34.8 Å². The average molecular weight is 470 g/mol. The van der Waals surface area contributed by atoms with Crippen molar-refractivity contribution < 1.29 is 13.2 Å². The molecule has 3 aromatic heterocycles. The van der Waals surface area contributed by atoms with Gasteiger partial charge < -0.3 is 5.32 Å². The summed E-state index contributed by atoms with van der Waals surface area (Å²) >= 11 is 1.64. The van der Waals surface area contributed by atoms with E-state index >= 15 is 0 Å². The van der Waals surface area contributed by atoms with Crippen molar-refractivity contribution in [1.29, 1.82) is 0 Å². The zero-order chi connectivity index (χ0) is 22.7. The number of carbonyl (C=O) groups excluding carboxylic acids is 1. The first-order valence-electron chi connectivity index (χ1n) is 10.1. The van der Waals surface area contributed by atoms with Gasteiger partial charge in [0.1, 0.15) is 0 Å². The van der Waals surface area contributed by atoms with Crippen molar-refractivity contribution in [1.82, 2.24) is 14.8 Å². The Morgan fingerprint density at radius 3 is 2.59 bits per heavy atom. The van der Waals surface area contributed by atoms with Crippen LogP contribution in [0.1, 0.15) is 34.3 Å². The van der Waals surface area contributed by atoms with E-state index in [4.69, 9.17) is 0 Å². The molecule has 0 saturated carbocycles. The highest BCUT2D eigenvalue weighted by Crippen LogP contribution is 2.22. The summed E-state index contributed by atoms with van der Waals surface area (Å²) in [5, 5.41) is 9.99. The third-order valence-corrected chi connectivity index (χ3v) is 7.11. The molecule has 2 N–H and O–H groups in total. The van der Waals surface area contributed by atoms with Gasteiger partial charge in [-0.3, -0.25) is 9.52 Å². The van der Waals surface area contributed by atoms with Crippen LogP contribution in [0.4, 0.5) is 11.4 Å². The van der Waals surface area contributed by atoms with Gasteiger partial charge in [0.2, 0.25) is 10.0 Å². The summed E-state index contributed by atoms with van der Waals surface area (Å²) in [5.74, 6) is -0.223. The molecule has 8 nitrogen and oxygen atoms in total. The molecule has 0 spiro atoms. The van der Waals surface area contributed by atoms with E-state index in [1.54, 1.807) is 52.5 Å². The summed E-state index contributed by atoms with van der Waals surface area (Å²) in [5.41, 5.74) is 2.87. The van der Waals surface area contributed by atoms with Crippen LogP contribution >= 0.6 is 11.3 Å². The van der Waals surface area contributed by atoms with E-state index in [2.05, 4.69) is 20.1 Å². The van der Waals surface area contributed by atoms with Gasteiger partial charge in [0.25, 0.3) is 5.91 Å². The number of aromatic nitrogens is 3. The number of benzene rings is 1. The van der Waals surface area contributed by atoms with E-state index < -0.39 is 10.0 Å². The molecule has 3 heterocycles. The van der Waals surface area contributed by atoms with Crippen molar-refractivity contribution in [2.75, 3.05) is 15.8 Å². The minimum absolute atomic E-state index is 0.0586. The fraction of sp³-hybridized carbons (Fsp3) is 0.227. The molecule has 32 heavy (non-hydrogen) atoms. The van der Waals surface area contributed by atoms with Crippen molar-refractivity contribution in [2.24, 2.45) is 0 Å². The Labute approximate surface area is 190 Å². The van der Waals surface area contributed by atoms with Gasteiger partial charge in [-0.25, -0.2) is 18.1 Å². The van der Waals surface area contributed by atoms with Gasteiger partial charge in [0, 0.05) is 21.9 Å². The fourth-order valence-corrected chi connectivity index (χ4v) is 5.17. The quantitative estimate of drug-likeness (QED) is 0.401.